The molecule has 21 heavy (non-hydrogen) atoms. The quantitative estimate of drug-likeness (QED) is 0.752. The van der Waals surface area contributed by atoms with E-state index < -0.39 is 0 Å². The zero-order chi connectivity index (χ0) is 15.2. The molecule has 1 fully saturated rings. The van der Waals surface area contributed by atoms with Crippen molar-refractivity contribution in [3.05, 3.63) is 35.4 Å². The highest BCUT2D eigenvalue weighted by Crippen LogP contribution is 2.13. The zero-order valence-electron chi connectivity index (χ0n) is 13.6. The molecule has 1 aliphatic rings. The largest absolute Gasteiger partial charge is 0.301 e. The van der Waals surface area contributed by atoms with Gasteiger partial charge in [-0.15, -0.1) is 0 Å². The van der Waals surface area contributed by atoms with E-state index >= 15 is 0 Å². The number of hydrogen-bond donors (Lipinski definition) is 0. The lowest BCUT2D eigenvalue weighted by Crippen LogP contribution is -2.51. The van der Waals surface area contributed by atoms with Crippen LogP contribution >= 0.6 is 0 Å². The number of ketones is 1. The Morgan fingerprint density at radius 3 is 2.24 bits per heavy atom. The van der Waals surface area contributed by atoms with Crippen LogP contribution in [0.1, 0.15) is 43.1 Å². The van der Waals surface area contributed by atoms with E-state index in [1.807, 2.05) is 19.1 Å². The van der Waals surface area contributed by atoms with Gasteiger partial charge in [0, 0.05) is 31.7 Å². The lowest BCUT2D eigenvalue weighted by atomic mass is 10.0. The summed E-state index contributed by atoms with van der Waals surface area (Å²) in [6, 6.07) is 8.08. The van der Waals surface area contributed by atoms with Crippen molar-refractivity contribution in [1.29, 1.82) is 0 Å². The molecule has 0 N–H and O–H groups in total. The normalized spacial score (nSPS) is 18.6. The Labute approximate surface area is 128 Å². The van der Waals surface area contributed by atoms with Gasteiger partial charge >= 0.3 is 0 Å². The van der Waals surface area contributed by atoms with Crippen LogP contribution < -0.4 is 0 Å². The molecule has 0 bridgehead atoms. The molecular formula is C18H28N2O. The Bertz CT molecular complexity index is 447. The molecule has 1 aromatic carbocycles. The van der Waals surface area contributed by atoms with E-state index in [1.165, 1.54) is 18.5 Å². The second-order valence-corrected chi connectivity index (χ2v) is 5.97. The van der Waals surface area contributed by atoms with E-state index in [4.69, 9.17) is 0 Å². The summed E-state index contributed by atoms with van der Waals surface area (Å²) in [5.41, 5.74) is 2.13. The molecule has 2 rings (SSSR count). The molecule has 0 aliphatic carbocycles. The minimum absolute atomic E-state index is 0.0127. The van der Waals surface area contributed by atoms with Crippen molar-refractivity contribution < 1.29 is 4.79 Å². The Balaban J connectivity index is 1.93. The van der Waals surface area contributed by atoms with Gasteiger partial charge < -0.3 is 4.90 Å². The van der Waals surface area contributed by atoms with Crippen molar-refractivity contribution in [3.63, 3.8) is 0 Å². The minimum atomic E-state index is -0.0127. The van der Waals surface area contributed by atoms with Crippen LogP contribution in [0, 0.1) is 0 Å². The second-order valence-electron chi connectivity index (χ2n) is 5.97. The lowest BCUT2D eigenvalue weighted by Gasteiger charge is -2.37. The van der Waals surface area contributed by atoms with Crippen LogP contribution in [-0.4, -0.2) is 54.3 Å². The molecule has 1 aliphatic heterocycles. The van der Waals surface area contributed by atoms with Crippen molar-refractivity contribution in [2.45, 2.75) is 39.7 Å². The third kappa shape index (κ3) is 4.14. The number of benzene rings is 1. The standard InChI is InChI=1S/C18H28N2O/c1-4-10-19-11-13-20(14-12-19)15(3)18(21)17-8-6-16(5-2)7-9-17/h6-9,15H,4-5,10-14H2,1-3H3. The topological polar surface area (TPSA) is 23.6 Å². The molecular weight excluding hydrogens is 260 g/mol. The molecule has 1 unspecified atom stereocenters. The van der Waals surface area contributed by atoms with E-state index in [0.29, 0.717) is 0 Å². The summed E-state index contributed by atoms with van der Waals surface area (Å²) < 4.78 is 0. The van der Waals surface area contributed by atoms with Crippen LogP contribution in [-0.2, 0) is 6.42 Å². The van der Waals surface area contributed by atoms with Crippen LogP contribution in [0.3, 0.4) is 0 Å². The maximum atomic E-state index is 12.6. The minimum Gasteiger partial charge on any atom is -0.301 e. The molecule has 0 amide bonds. The SMILES string of the molecule is CCCN1CCN(C(C)C(=O)c2ccc(CC)cc2)CC1. The number of rotatable bonds is 6. The van der Waals surface area contributed by atoms with Crippen LogP contribution in [0.15, 0.2) is 24.3 Å². The molecule has 0 radical (unpaired) electrons. The summed E-state index contributed by atoms with van der Waals surface area (Å²) in [5.74, 6) is 0.251. The molecule has 3 heteroatoms. The van der Waals surface area contributed by atoms with Gasteiger partial charge in [0.1, 0.15) is 0 Å². The van der Waals surface area contributed by atoms with E-state index in [1.54, 1.807) is 0 Å². The molecule has 1 saturated heterocycles. The molecule has 1 atom stereocenters. The summed E-state index contributed by atoms with van der Waals surface area (Å²) in [6.07, 6.45) is 2.22. The lowest BCUT2D eigenvalue weighted by molar-refractivity contribution is 0.0701. The fraction of sp³-hybridized carbons (Fsp3) is 0.611. The Kier molecular flexibility index (Phi) is 5.95. The summed E-state index contributed by atoms with van der Waals surface area (Å²) in [6.45, 7) is 11.7. The molecule has 1 aromatic rings. The van der Waals surface area contributed by atoms with Gasteiger partial charge in [-0.25, -0.2) is 0 Å². The molecule has 0 aromatic heterocycles. The average molecular weight is 288 g/mol. The van der Waals surface area contributed by atoms with Crippen molar-refractivity contribution in [1.82, 2.24) is 9.80 Å². The molecule has 3 nitrogen and oxygen atoms in total. The van der Waals surface area contributed by atoms with E-state index in [0.717, 1.165) is 38.2 Å². The fourth-order valence-electron chi connectivity index (χ4n) is 3.00. The zero-order valence-corrected chi connectivity index (χ0v) is 13.6. The van der Waals surface area contributed by atoms with E-state index in [-0.39, 0.29) is 11.8 Å². The number of carbonyl (C=O) groups excluding carboxylic acids is 1. The third-order valence-corrected chi connectivity index (χ3v) is 4.52. The van der Waals surface area contributed by atoms with E-state index in [9.17, 15) is 4.79 Å². The molecule has 0 spiro atoms. The molecule has 1 heterocycles. The van der Waals surface area contributed by atoms with Crippen molar-refractivity contribution >= 4 is 5.78 Å². The number of Topliss-reactive ketones (excluding diaryl/α,β-unsaturated/α-hetero) is 1. The van der Waals surface area contributed by atoms with E-state index in [2.05, 4.69) is 35.8 Å². The predicted molar refractivity (Wildman–Crippen MR) is 87.9 cm³/mol. The highest BCUT2D eigenvalue weighted by Gasteiger charge is 2.25. The molecule has 116 valence electrons. The van der Waals surface area contributed by atoms with Gasteiger partial charge in [0.2, 0.25) is 0 Å². The first-order chi connectivity index (χ1) is 10.2. The smallest absolute Gasteiger partial charge is 0.179 e. The fourth-order valence-corrected chi connectivity index (χ4v) is 3.00. The number of carbonyl (C=O) groups is 1. The number of nitrogens with zero attached hydrogens (tertiary/aromatic N) is 2. The van der Waals surface area contributed by atoms with Gasteiger partial charge in [-0.3, -0.25) is 9.69 Å². The van der Waals surface area contributed by atoms with Crippen molar-refractivity contribution in [2.24, 2.45) is 0 Å². The maximum absolute atomic E-state index is 12.6. The summed E-state index contributed by atoms with van der Waals surface area (Å²) in [5, 5.41) is 0. The first-order valence-corrected chi connectivity index (χ1v) is 8.25. The Hall–Kier alpha value is -1.19. The van der Waals surface area contributed by atoms with Gasteiger partial charge in [0.15, 0.2) is 5.78 Å². The average Bonchev–Trinajstić information content (AvgIpc) is 2.54. The second kappa shape index (κ2) is 7.71. The maximum Gasteiger partial charge on any atom is 0.179 e. The van der Waals surface area contributed by atoms with Gasteiger partial charge in [-0.2, -0.15) is 0 Å². The van der Waals surface area contributed by atoms with Crippen LogP contribution in [0.25, 0.3) is 0 Å². The summed E-state index contributed by atoms with van der Waals surface area (Å²) in [7, 11) is 0. The van der Waals surface area contributed by atoms with Gasteiger partial charge in [-0.05, 0) is 31.9 Å². The Morgan fingerprint density at radius 2 is 1.71 bits per heavy atom. The van der Waals surface area contributed by atoms with Crippen molar-refractivity contribution in [3.8, 4) is 0 Å². The van der Waals surface area contributed by atoms with Crippen molar-refractivity contribution in [2.75, 3.05) is 32.7 Å². The highest BCUT2D eigenvalue weighted by molar-refractivity contribution is 5.99. The van der Waals surface area contributed by atoms with Crippen LogP contribution in [0.5, 0.6) is 0 Å². The number of piperazine rings is 1. The first-order valence-electron chi connectivity index (χ1n) is 8.25. The Morgan fingerprint density at radius 1 is 1.10 bits per heavy atom. The number of aryl methyl sites for hydroxylation is 1. The van der Waals surface area contributed by atoms with Crippen LogP contribution in [0.2, 0.25) is 0 Å². The highest BCUT2D eigenvalue weighted by atomic mass is 16.1. The van der Waals surface area contributed by atoms with Gasteiger partial charge in [-0.1, -0.05) is 38.1 Å². The molecule has 0 saturated carbocycles. The van der Waals surface area contributed by atoms with Crippen LogP contribution in [0.4, 0.5) is 0 Å². The summed E-state index contributed by atoms with van der Waals surface area (Å²) >= 11 is 0. The predicted octanol–water partition coefficient (Wildman–Crippen LogP) is 2.85. The summed E-state index contributed by atoms with van der Waals surface area (Å²) in [4.78, 5) is 17.4. The third-order valence-electron chi connectivity index (χ3n) is 4.52. The number of hydrogen-bond acceptors (Lipinski definition) is 3. The monoisotopic (exact) mass is 288 g/mol. The van der Waals surface area contributed by atoms with Gasteiger partial charge in [0.25, 0.3) is 0 Å². The van der Waals surface area contributed by atoms with Gasteiger partial charge in [0.05, 0.1) is 6.04 Å². The first kappa shape index (κ1) is 16.2.